The minimum Gasteiger partial charge on any atom is -0.378 e. The van der Waals surface area contributed by atoms with Gasteiger partial charge in [0.05, 0.1) is 19.8 Å². The first-order valence-corrected chi connectivity index (χ1v) is 6.50. The SMILES string of the molecule is CC1CC(CN)CN1CC(=O)N1CCOCC1. The molecule has 0 aromatic carbocycles. The van der Waals surface area contributed by atoms with Gasteiger partial charge in [-0.1, -0.05) is 0 Å². The van der Waals surface area contributed by atoms with Crippen molar-refractivity contribution in [2.24, 2.45) is 11.7 Å². The van der Waals surface area contributed by atoms with E-state index in [9.17, 15) is 4.79 Å². The third-order valence-corrected chi connectivity index (χ3v) is 3.83. The fourth-order valence-electron chi connectivity index (χ4n) is 2.70. The van der Waals surface area contributed by atoms with Gasteiger partial charge in [-0.3, -0.25) is 9.69 Å². The molecule has 2 aliphatic heterocycles. The van der Waals surface area contributed by atoms with Crippen LogP contribution in [0.1, 0.15) is 13.3 Å². The van der Waals surface area contributed by atoms with Crippen LogP contribution >= 0.6 is 0 Å². The van der Waals surface area contributed by atoms with Crippen LogP contribution in [0.2, 0.25) is 0 Å². The number of ether oxygens (including phenoxy) is 1. The number of carbonyl (C=O) groups is 1. The van der Waals surface area contributed by atoms with E-state index in [1.54, 1.807) is 0 Å². The number of nitrogens with two attached hydrogens (primary N) is 1. The first-order chi connectivity index (χ1) is 8.20. The van der Waals surface area contributed by atoms with Crippen LogP contribution in [0.3, 0.4) is 0 Å². The van der Waals surface area contributed by atoms with Gasteiger partial charge in [0.15, 0.2) is 0 Å². The van der Waals surface area contributed by atoms with Crippen molar-refractivity contribution in [1.29, 1.82) is 0 Å². The third-order valence-electron chi connectivity index (χ3n) is 3.83. The Kier molecular flexibility index (Phi) is 4.36. The molecule has 0 aromatic rings. The van der Waals surface area contributed by atoms with Gasteiger partial charge in [-0.2, -0.15) is 0 Å². The summed E-state index contributed by atoms with van der Waals surface area (Å²) in [6.45, 7) is 7.24. The fourth-order valence-corrected chi connectivity index (χ4v) is 2.70. The lowest BCUT2D eigenvalue weighted by Crippen LogP contribution is -2.46. The Morgan fingerprint density at radius 1 is 1.41 bits per heavy atom. The van der Waals surface area contributed by atoms with Crippen molar-refractivity contribution in [3.05, 3.63) is 0 Å². The molecule has 0 spiro atoms. The van der Waals surface area contributed by atoms with Crippen LogP contribution in [0.25, 0.3) is 0 Å². The van der Waals surface area contributed by atoms with Crippen LogP contribution < -0.4 is 5.73 Å². The number of morpholine rings is 1. The van der Waals surface area contributed by atoms with E-state index in [1.807, 2.05) is 4.90 Å². The van der Waals surface area contributed by atoms with Crippen molar-refractivity contribution in [2.45, 2.75) is 19.4 Å². The molecule has 5 heteroatoms. The van der Waals surface area contributed by atoms with Crippen LogP contribution in [0.15, 0.2) is 0 Å². The molecule has 2 atom stereocenters. The zero-order valence-corrected chi connectivity index (χ0v) is 10.6. The smallest absolute Gasteiger partial charge is 0.236 e. The van der Waals surface area contributed by atoms with Gasteiger partial charge < -0.3 is 15.4 Å². The monoisotopic (exact) mass is 241 g/mol. The average Bonchev–Trinajstić information content (AvgIpc) is 2.71. The molecule has 2 fully saturated rings. The number of hydrogen-bond donors (Lipinski definition) is 1. The summed E-state index contributed by atoms with van der Waals surface area (Å²) in [6.07, 6.45) is 1.12. The van der Waals surface area contributed by atoms with Gasteiger partial charge >= 0.3 is 0 Å². The Morgan fingerprint density at radius 3 is 2.71 bits per heavy atom. The molecule has 0 aromatic heterocycles. The van der Waals surface area contributed by atoms with E-state index in [1.165, 1.54) is 0 Å². The average molecular weight is 241 g/mol. The topological polar surface area (TPSA) is 58.8 Å². The molecule has 0 saturated carbocycles. The van der Waals surface area contributed by atoms with Gasteiger partial charge in [-0.25, -0.2) is 0 Å². The van der Waals surface area contributed by atoms with Crippen molar-refractivity contribution in [2.75, 3.05) is 45.9 Å². The Bertz CT molecular complexity index is 266. The normalized spacial score (nSPS) is 30.8. The quantitative estimate of drug-likeness (QED) is 0.724. The Morgan fingerprint density at radius 2 is 2.12 bits per heavy atom. The standard InChI is InChI=1S/C12H23N3O2/c1-10-6-11(7-13)8-15(10)9-12(16)14-2-4-17-5-3-14/h10-11H,2-9,13H2,1H3. The molecular formula is C12H23N3O2. The predicted octanol–water partition coefficient (Wildman–Crippen LogP) is -0.486. The van der Waals surface area contributed by atoms with Gasteiger partial charge in [0.1, 0.15) is 0 Å². The minimum atomic E-state index is 0.234. The van der Waals surface area contributed by atoms with Gasteiger partial charge in [0.2, 0.25) is 5.91 Å². The molecule has 17 heavy (non-hydrogen) atoms. The zero-order chi connectivity index (χ0) is 12.3. The summed E-state index contributed by atoms with van der Waals surface area (Å²) >= 11 is 0. The molecule has 5 nitrogen and oxygen atoms in total. The second-order valence-corrected chi connectivity index (χ2v) is 5.11. The van der Waals surface area contributed by atoms with Crippen LogP contribution in [-0.4, -0.2) is 67.7 Å². The number of nitrogens with zero attached hydrogens (tertiary/aromatic N) is 2. The van der Waals surface area contributed by atoms with Crippen molar-refractivity contribution in [1.82, 2.24) is 9.80 Å². The van der Waals surface area contributed by atoms with Crippen molar-refractivity contribution in [3.8, 4) is 0 Å². The highest BCUT2D eigenvalue weighted by Gasteiger charge is 2.30. The molecule has 1 amide bonds. The highest BCUT2D eigenvalue weighted by molar-refractivity contribution is 5.78. The van der Waals surface area contributed by atoms with E-state index in [2.05, 4.69) is 11.8 Å². The maximum atomic E-state index is 12.1. The third kappa shape index (κ3) is 3.18. The molecule has 2 aliphatic rings. The van der Waals surface area contributed by atoms with Crippen LogP contribution in [0.5, 0.6) is 0 Å². The highest BCUT2D eigenvalue weighted by Crippen LogP contribution is 2.21. The van der Waals surface area contributed by atoms with E-state index in [0.717, 1.165) is 32.6 Å². The summed E-state index contributed by atoms with van der Waals surface area (Å²) in [5.74, 6) is 0.792. The summed E-state index contributed by atoms with van der Waals surface area (Å²) in [6, 6.07) is 0.480. The van der Waals surface area contributed by atoms with Crippen LogP contribution in [0, 0.1) is 5.92 Å². The Balaban J connectivity index is 1.81. The van der Waals surface area contributed by atoms with Gasteiger partial charge in [-0.05, 0) is 25.8 Å². The maximum absolute atomic E-state index is 12.1. The largest absolute Gasteiger partial charge is 0.378 e. The predicted molar refractivity (Wildman–Crippen MR) is 65.6 cm³/mol. The molecule has 0 bridgehead atoms. The fraction of sp³-hybridized carbons (Fsp3) is 0.917. The number of carbonyl (C=O) groups excluding carboxylic acids is 1. The molecule has 0 aliphatic carbocycles. The van der Waals surface area contributed by atoms with Crippen molar-refractivity contribution in [3.63, 3.8) is 0 Å². The van der Waals surface area contributed by atoms with Gasteiger partial charge in [0.25, 0.3) is 0 Å². The lowest BCUT2D eigenvalue weighted by Gasteiger charge is -2.29. The zero-order valence-electron chi connectivity index (χ0n) is 10.6. The lowest BCUT2D eigenvalue weighted by atomic mass is 10.1. The summed E-state index contributed by atoms with van der Waals surface area (Å²) in [5.41, 5.74) is 5.69. The second-order valence-electron chi connectivity index (χ2n) is 5.11. The summed E-state index contributed by atoms with van der Waals surface area (Å²) in [4.78, 5) is 16.3. The van der Waals surface area contributed by atoms with E-state index in [0.29, 0.717) is 31.7 Å². The minimum absolute atomic E-state index is 0.234. The second kappa shape index (κ2) is 5.80. The van der Waals surface area contributed by atoms with Gasteiger partial charge in [-0.15, -0.1) is 0 Å². The molecule has 2 saturated heterocycles. The van der Waals surface area contributed by atoms with E-state index in [4.69, 9.17) is 10.5 Å². The summed E-state index contributed by atoms with van der Waals surface area (Å²) in [7, 11) is 0. The van der Waals surface area contributed by atoms with E-state index < -0.39 is 0 Å². The first-order valence-electron chi connectivity index (χ1n) is 6.50. The number of hydrogen-bond acceptors (Lipinski definition) is 4. The highest BCUT2D eigenvalue weighted by atomic mass is 16.5. The molecule has 2 N–H and O–H groups in total. The lowest BCUT2D eigenvalue weighted by molar-refractivity contribution is -0.136. The van der Waals surface area contributed by atoms with Gasteiger partial charge in [0, 0.05) is 25.7 Å². The first kappa shape index (κ1) is 12.8. The van der Waals surface area contributed by atoms with Crippen LogP contribution in [0.4, 0.5) is 0 Å². The van der Waals surface area contributed by atoms with Crippen molar-refractivity contribution < 1.29 is 9.53 Å². The molecular weight excluding hydrogens is 218 g/mol. The van der Waals surface area contributed by atoms with E-state index >= 15 is 0 Å². The van der Waals surface area contributed by atoms with E-state index in [-0.39, 0.29) is 5.91 Å². The molecule has 98 valence electrons. The molecule has 2 rings (SSSR count). The number of rotatable bonds is 3. The molecule has 2 unspecified atom stereocenters. The summed E-state index contributed by atoms with van der Waals surface area (Å²) < 4.78 is 5.25. The Hall–Kier alpha value is -0.650. The maximum Gasteiger partial charge on any atom is 0.236 e. The molecule has 0 radical (unpaired) electrons. The number of amides is 1. The number of likely N-dealkylation sites (tertiary alicyclic amines) is 1. The van der Waals surface area contributed by atoms with Crippen LogP contribution in [-0.2, 0) is 9.53 Å². The summed E-state index contributed by atoms with van der Waals surface area (Å²) in [5, 5.41) is 0. The Labute approximate surface area is 103 Å². The van der Waals surface area contributed by atoms with Crippen molar-refractivity contribution >= 4 is 5.91 Å². The molecule has 2 heterocycles.